The molecule has 0 unspecified atom stereocenters. The molecule has 1 aromatic heterocycles. The molecule has 2 heterocycles. The average molecular weight is 389 g/mol. The van der Waals surface area contributed by atoms with Crippen LogP contribution >= 0.6 is 0 Å². The molecule has 0 saturated carbocycles. The van der Waals surface area contributed by atoms with Gasteiger partial charge in [0.2, 0.25) is 5.91 Å². The van der Waals surface area contributed by atoms with Crippen LogP contribution in [0.3, 0.4) is 0 Å². The van der Waals surface area contributed by atoms with Gasteiger partial charge in [0.15, 0.2) is 0 Å². The molecule has 1 aliphatic heterocycles. The van der Waals surface area contributed by atoms with Crippen molar-refractivity contribution in [3.8, 4) is 0 Å². The smallest absolute Gasteiger partial charge is 0.256 e. The van der Waals surface area contributed by atoms with E-state index in [1.165, 1.54) is 12.1 Å². The Morgan fingerprint density at radius 2 is 1.76 bits per heavy atom. The third-order valence-electron chi connectivity index (χ3n) is 5.00. The van der Waals surface area contributed by atoms with E-state index < -0.39 is 6.04 Å². The van der Waals surface area contributed by atoms with Crippen LogP contribution in [-0.4, -0.2) is 21.7 Å². The standard InChI is InChI=1S/C23H20FN3O2/c24-18-10-8-17(9-11-18)15-27-20(22-19(23(27)29)7-4-12-25-22)13-21(28)26-14-16-5-2-1-3-6-16/h1-12,20H,13-15H2,(H,26,28)/t20-/m1/s1. The lowest BCUT2D eigenvalue weighted by molar-refractivity contribution is -0.122. The van der Waals surface area contributed by atoms with E-state index in [0.29, 0.717) is 17.8 Å². The van der Waals surface area contributed by atoms with Crippen LogP contribution in [0, 0.1) is 5.82 Å². The van der Waals surface area contributed by atoms with Crippen molar-refractivity contribution in [1.29, 1.82) is 0 Å². The van der Waals surface area contributed by atoms with Gasteiger partial charge in [-0.3, -0.25) is 14.6 Å². The van der Waals surface area contributed by atoms with Crippen molar-refractivity contribution in [2.24, 2.45) is 0 Å². The lowest BCUT2D eigenvalue weighted by Crippen LogP contribution is -2.32. The number of rotatable bonds is 6. The molecule has 0 fully saturated rings. The highest BCUT2D eigenvalue weighted by atomic mass is 19.1. The quantitative estimate of drug-likeness (QED) is 0.700. The van der Waals surface area contributed by atoms with Crippen LogP contribution in [0.4, 0.5) is 4.39 Å². The molecule has 0 spiro atoms. The van der Waals surface area contributed by atoms with Gasteiger partial charge < -0.3 is 10.2 Å². The van der Waals surface area contributed by atoms with Crippen LogP contribution in [-0.2, 0) is 17.9 Å². The number of nitrogens with one attached hydrogen (secondary N) is 1. The number of amides is 2. The van der Waals surface area contributed by atoms with E-state index in [1.54, 1.807) is 35.4 Å². The van der Waals surface area contributed by atoms with E-state index in [2.05, 4.69) is 10.3 Å². The molecule has 1 N–H and O–H groups in total. The zero-order valence-corrected chi connectivity index (χ0v) is 15.7. The molecule has 4 rings (SSSR count). The van der Waals surface area contributed by atoms with Gasteiger partial charge in [-0.1, -0.05) is 42.5 Å². The number of halogens is 1. The molecule has 6 heteroatoms. The summed E-state index contributed by atoms with van der Waals surface area (Å²) in [6.07, 6.45) is 1.74. The Morgan fingerprint density at radius 1 is 1.00 bits per heavy atom. The summed E-state index contributed by atoms with van der Waals surface area (Å²) >= 11 is 0. The highest BCUT2D eigenvalue weighted by Crippen LogP contribution is 2.35. The van der Waals surface area contributed by atoms with Crippen LogP contribution in [0.1, 0.15) is 39.6 Å². The second-order valence-corrected chi connectivity index (χ2v) is 6.98. The second-order valence-electron chi connectivity index (χ2n) is 6.98. The number of pyridine rings is 1. The maximum absolute atomic E-state index is 13.2. The number of carbonyl (C=O) groups excluding carboxylic acids is 2. The zero-order valence-electron chi connectivity index (χ0n) is 15.7. The first-order valence-electron chi connectivity index (χ1n) is 9.43. The first kappa shape index (κ1) is 18.8. The summed E-state index contributed by atoms with van der Waals surface area (Å²) in [5, 5.41) is 2.91. The molecule has 0 saturated heterocycles. The van der Waals surface area contributed by atoms with E-state index in [-0.39, 0.29) is 30.6 Å². The van der Waals surface area contributed by atoms with Gasteiger partial charge in [0.25, 0.3) is 5.91 Å². The normalized spacial score (nSPS) is 15.3. The Kier molecular flexibility index (Phi) is 5.33. The Labute approximate surface area is 168 Å². The maximum Gasteiger partial charge on any atom is 0.256 e. The highest BCUT2D eigenvalue weighted by molar-refractivity contribution is 5.99. The molecular weight excluding hydrogens is 369 g/mol. The lowest BCUT2D eigenvalue weighted by Gasteiger charge is -2.24. The number of hydrogen-bond acceptors (Lipinski definition) is 3. The molecule has 2 aromatic carbocycles. The molecule has 0 radical (unpaired) electrons. The van der Waals surface area contributed by atoms with E-state index in [1.807, 2.05) is 30.3 Å². The molecule has 1 aliphatic rings. The highest BCUT2D eigenvalue weighted by Gasteiger charge is 2.38. The van der Waals surface area contributed by atoms with Gasteiger partial charge in [0, 0.05) is 19.3 Å². The average Bonchev–Trinajstić information content (AvgIpc) is 3.01. The molecule has 0 aliphatic carbocycles. The fraction of sp³-hybridized carbons (Fsp3) is 0.174. The Bertz CT molecular complexity index is 1020. The monoisotopic (exact) mass is 389 g/mol. The molecule has 29 heavy (non-hydrogen) atoms. The summed E-state index contributed by atoms with van der Waals surface area (Å²) in [5.74, 6) is -0.657. The van der Waals surface area contributed by atoms with Crippen LogP contribution < -0.4 is 5.32 Å². The van der Waals surface area contributed by atoms with Crippen LogP contribution in [0.25, 0.3) is 0 Å². The SMILES string of the molecule is O=C(C[C@@H]1c2ncccc2C(=O)N1Cc1ccc(F)cc1)NCc1ccccc1. The summed E-state index contributed by atoms with van der Waals surface area (Å²) in [6.45, 7) is 0.708. The predicted octanol–water partition coefficient (Wildman–Crippen LogP) is 3.62. The van der Waals surface area contributed by atoms with Gasteiger partial charge in [-0.05, 0) is 35.4 Å². The largest absolute Gasteiger partial charge is 0.352 e. The number of aromatic nitrogens is 1. The van der Waals surface area contributed by atoms with Gasteiger partial charge in [-0.15, -0.1) is 0 Å². The summed E-state index contributed by atoms with van der Waals surface area (Å²) in [4.78, 5) is 31.5. The summed E-state index contributed by atoms with van der Waals surface area (Å²) in [7, 11) is 0. The second kappa shape index (κ2) is 8.22. The van der Waals surface area contributed by atoms with Crippen molar-refractivity contribution >= 4 is 11.8 Å². The van der Waals surface area contributed by atoms with Crippen LogP contribution in [0.15, 0.2) is 72.9 Å². The first-order valence-corrected chi connectivity index (χ1v) is 9.43. The molecule has 1 atom stereocenters. The maximum atomic E-state index is 13.2. The molecule has 2 amide bonds. The topological polar surface area (TPSA) is 62.3 Å². The van der Waals surface area contributed by atoms with E-state index in [4.69, 9.17) is 0 Å². The third-order valence-corrected chi connectivity index (χ3v) is 5.00. The molecule has 5 nitrogen and oxygen atoms in total. The first-order chi connectivity index (χ1) is 14.1. The van der Waals surface area contributed by atoms with Gasteiger partial charge in [0.1, 0.15) is 5.82 Å². The third kappa shape index (κ3) is 4.16. The Morgan fingerprint density at radius 3 is 2.52 bits per heavy atom. The number of carbonyl (C=O) groups is 2. The van der Waals surface area contributed by atoms with E-state index in [9.17, 15) is 14.0 Å². The Balaban J connectivity index is 1.51. The number of nitrogens with zero attached hydrogens (tertiary/aromatic N) is 2. The minimum atomic E-state index is -0.459. The Hall–Kier alpha value is -3.54. The fourth-order valence-corrected chi connectivity index (χ4v) is 3.53. The lowest BCUT2D eigenvalue weighted by atomic mass is 10.1. The number of benzene rings is 2. The van der Waals surface area contributed by atoms with Gasteiger partial charge in [-0.25, -0.2) is 4.39 Å². The van der Waals surface area contributed by atoms with Crippen molar-refractivity contribution in [2.75, 3.05) is 0 Å². The van der Waals surface area contributed by atoms with Gasteiger partial charge >= 0.3 is 0 Å². The summed E-state index contributed by atoms with van der Waals surface area (Å²) in [5.41, 5.74) is 2.91. The van der Waals surface area contributed by atoms with Gasteiger partial charge in [-0.2, -0.15) is 0 Å². The van der Waals surface area contributed by atoms with E-state index >= 15 is 0 Å². The summed E-state index contributed by atoms with van der Waals surface area (Å²) < 4.78 is 13.2. The van der Waals surface area contributed by atoms with E-state index in [0.717, 1.165) is 11.1 Å². The molecule has 0 bridgehead atoms. The minimum absolute atomic E-state index is 0.115. The van der Waals surface area contributed by atoms with Crippen LogP contribution in [0.5, 0.6) is 0 Å². The van der Waals surface area contributed by atoms with Crippen molar-refractivity contribution < 1.29 is 14.0 Å². The fourth-order valence-electron chi connectivity index (χ4n) is 3.53. The van der Waals surface area contributed by atoms with Gasteiger partial charge in [0.05, 0.1) is 23.7 Å². The molecule has 3 aromatic rings. The number of fused-ring (bicyclic) bond motifs is 1. The summed E-state index contributed by atoms with van der Waals surface area (Å²) in [6, 6.07) is 18.6. The predicted molar refractivity (Wildman–Crippen MR) is 106 cm³/mol. The van der Waals surface area contributed by atoms with Crippen molar-refractivity contribution in [3.05, 3.63) is 101 Å². The van der Waals surface area contributed by atoms with Crippen molar-refractivity contribution in [3.63, 3.8) is 0 Å². The minimum Gasteiger partial charge on any atom is -0.352 e. The van der Waals surface area contributed by atoms with Crippen LogP contribution in [0.2, 0.25) is 0 Å². The molecular formula is C23H20FN3O2. The zero-order chi connectivity index (χ0) is 20.2. The van der Waals surface area contributed by atoms with Crippen molar-refractivity contribution in [2.45, 2.75) is 25.6 Å². The molecule has 146 valence electrons. The van der Waals surface area contributed by atoms with Crippen molar-refractivity contribution in [1.82, 2.24) is 15.2 Å². The number of hydrogen-bond donors (Lipinski definition) is 1.